The zero-order chi connectivity index (χ0) is 15.6. The summed E-state index contributed by atoms with van der Waals surface area (Å²) >= 11 is 0. The van der Waals surface area contributed by atoms with Gasteiger partial charge in [0.05, 0.1) is 11.5 Å². The molecule has 0 aromatic carbocycles. The largest absolute Gasteiger partial charge is 0.198 e. The summed E-state index contributed by atoms with van der Waals surface area (Å²) < 4.78 is 0. The van der Waals surface area contributed by atoms with Crippen LogP contribution in [0.25, 0.3) is 0 Å². The molecule has 0 aromatic rings. The van der Waals surface area contributed by atoms with E-state index >= 15 is 0 Å². The summed E-state index contributed by atoms with van der Waals surface area (Å²) in [4.78, 5) is 0. The minimum atomic E-state index is 0.0542. The number of nitrogens with zero attached hydrogens (tertiary/aromatic N) is 1. The van der Waals surface area contributed by atoms with Gasteiger partial charge in [0.15, 0.2) is 0 Å². The molecule has 3 aliphatic carbocycles. The van der Waals surface area contributed by atoms with E-state index in [4.69, 9.17) is 0 Å². The number of hydrogen-bond acceptors (Lipinski definition) is 1. The molecule has 0 unspecified atom stereocenters. The van der Waals surface area contributed by atoms with E-state index in [9.17, 15) is 5.26 Å². The molecule has 0 amide bonds. The van der Waals surface area contributed by atoms with Crippen molar-refractivity contribution in [2.24, 2.45) is 35.0 Å². The SMILES string of the molecule is CC1CCC(C2CCC(C#N)(C3CCC(C)CC3)CC2)CC1. The fourth-order valence-corrected chi connectivity index (χ4v) is 5.81. The van der Waals surface area contributed by atoms with Crippen LogP contribution in [-0.2, 0) is 0 Å². The molecule has 0 aromatic heterocycles. The van der Waals surface area contributed by atoms with Crippen molar-refractivity contribution in [1.82, 2.24) is 0 Å². The smallest absolute Gasteiger partial charge is 0.0692 e. The Morgan fingerprint density at radius 1 is 0.682 bits per heavy atom. The minimum absolute atomic E-state index is 0.0542. The fourth-order valence-electron chi connectivity index (χ4n) is 5.81. The summed E-state index contributed by atoms with van der Waals surface area (Å²) in [5, 5.41) is 9.94. The summed E-state index contributed by atoms with van der Waals surface area (Å²) in [6.07, 6.45) is 16.3. The number of nitriles is 1. The van der Waals surface area contributed by atoms with Crippen molar-refractivity contribution in [3.05, 3.63) is 0 Å². The Balaban J connectivity index is 1.56. The zero-order valence-electron chi connectivity index (χ0n) is 14.8. The van der Waals surface area contributed by atoms with Crippen LogP contribution in [0.15, 0.2) is 0 Å². The highest BCUT2D eigenvalue weighted by atomic mass is 14.5. The average molecular weight is 302 g/mol. The van der Waals surface area contributed by atoms with Crippen molar-refractivity contribution in [3.8, 4) is 6.07 Å². The van der Waals surface area contributed by atoms with Gasteiger partial charge in [-0.3, -0.25) is 0 Å². The summed E-state index contributed by atoms with van der Waals surface area (Å²) in [7, 11) is 0. The van der Waals surface area contributed by atoms with Gasteiger partial charge in [-0.1, -0.05) is 39.5 Å². The third-order valence-corrected chi connectivity index (χ3v) is 7.67. The van der Waals surface area contributed by atoms with Gasteiger partial charge < -0.3 is 0 Å². The third-order valence-electron chi connectivity index (χ3n) is 7.67. The van der Waals surface area contributed by atoms with Gasteiger partial charge in [-0.2, -0.15) is 5.26 Å². The Kier molecular flexibility index (Phi) is 5.16. The monoisotopic (exact) mass is 301 g/mol. The van der Waals surface area contributed by atoms with E-state index in [1.807, 2.05) is 0 Å². The third kappa shape index (κ3) is 3.37. The fraction of sp³-hybridized carbons (Fsp3) is 0.952. The first-order valence-corrected chi connectivity index (χ1v) is 10.0. The van der Waals surface area contributed by atoms with Crippen LogP contribution in [0.1, 0.15) is 90.9 Å². The Hall–Kier alpha value is -0.510. The Bertz CT molecular complexity index is 383. The highest BCUT2D eigenvalue weighted by Gasteiger charge is 2.44. The van der Waals surface area contributed by atoms with Gasteiger partial charge in [0.1, 0.15) is 0 Å². The summed E-state index contributed by atoms with van der Waals surface area (Å²) in [5.41, 5.74) is 0.0542. The lowest BCUT2D eigenvalue weighted by atomic mass is 9.58. The summed E-state index contributed by atoms with van der Waals surface area (Å²) in [5.74, 6) is 4.49. The Morgan fingerprint density at radius 3 is 1.64 bits per heavy atom. The van der Waals surface area contributed by atoms with Crippen molar-refractivity contribution in [2.75, 3.05) is 0 Å². The van der Waals surface area contributed by atoms with Gasteiger partial charge in [-0.25, -0.2) is 0 Å². The molecule has 0 aliphatic heterocycles. The van der Waals surface area contributed by atoms with Gasteiger partial charge in [-0.15, -0.1) is 0 Å². The first kappa shape index (κ1) is 16.4. The molecule has 3 fully saturated rings. The lowest BCUT2D eigenvalue weighted by Gasteiger charge is -2.45. The molecular weight excluding hydrogens is 266 g/mol. The lowest BCUT2D eigenvalue weighted by molar-refractivity contribution is 0.0641. The molecule has 22 heavy (non-hydrogen) atoms. The van der Waals surface area contributed by atoms with Crippen LogP contribution in [0.4, 0.5) is 0 Å². The maximum Gasteiger partial charge on any atom is 0.0692 e. The first-order valence-electron chi connectivity index (χ1n) is 10.0. The summed E-state index contributed by atoms with van der Waals surface area (Å²) in [6, 6.07) is 2.83. The van der Waals surface area contributed by atoms with Crippen LogP contribution in [0.2, 0.25) is 0 Å². The van der Waals surface area contributed by atoms with E-state index in [0.29, 0.717) is 5.92 Å². The maximum absolute atomic E-state index is 9.94. The normalized spacial score (nSPS) is 46.9. The van der Waals surface area contributed by atoms with Crippen LogP contribution >= 0.6 is 0 Å². The predicted octanol–water partition coefficient (Wildman–Crippen LogP) is 6.34. The molecule has 124 valence electrons. The maximum atomic E-state index is 9.94. The van der Waals surface area contributed by atoms with Crippen LogP contribution in [0.5, 0.6) is 0 Å². The van der Waals surface area contributed by atoms with Gasteiger partial charge in [0.2, 0.25) is 0 Å². The van der Waals surface area contributed by atoms with Crippen molar-refractivity contribution >= 4 is 0 Å². The Morgan fingerprint density at radius 2 is 1.14 bits per heavy atom. The first-order chi connectivity index (χ1) is 10.6. The van der Waals surface area contributed by atoms with Crippen LogP contribution in [0, 0.1) is 46.3 Å². The molecular formula is C21H35N. The van der Waals surface area contributed by atoms with Gasteiger partial charge in [0, 0.05) is 0 Å². The highest BCUT2D eigenvalue weighted by Crippen LogP contribution is 2.52. The van der Waals surface area contributed by atoms with E-state index in [0.717, 1.165) is 23.7 Å². The van der Waals surface area contributed by atoms with E-state index in [1.165, 1.54) is 77.0 Å². The summed E-state index contributed by atoms with van der Waals surface area (Å²) in [6.45, 7) is 4.80. The topological polar surface area (TPSA) is 23.8 Å². The highest BCUT2D eigenvalue weighted by molar-refractivity contribution is 5.06. The standard InChI is InChI=1S/C21H35N/c1-16-3-7-18(8-4-16)19-11-13-21(15-22,14-12-19)20-9-5-17(2)6-10-20/h16-20H,3-14H2,1-2H3. The predicted molar refractivity (Wildman–Crippen MR) is 92.2 cm³/mol. The second kappa shape index (κ2) is 6.94. The molecule has 0 radical (unpaired) electrons. The van der Waals surface area contributed by atoms with Gasteiger partial charge >= 0.3 is 0 Å². The van der Waals surface area contributed by atoms with Crippen LogP contribution < -0.4 is 0 Å². The number of rotatable bonds is 2. The lowest BCUT2D eigenvalue weighted by Crippen LogP contribution is -2.37. The van der Waals surface area contributed by atoms with Crippen molar-refractivity contribution in [3.63, 3.8) is 0 Å². The molecule has 0 heterocycles. The quantitative estimate of drug-likeness (QED) is 0.584. The van der Waals surface area contributed by atoms with E-state index in [-0.39, 0.29) is 5.41 Å². The molecule has 0 N–H and O–H groups in total. The molecule has 3 aliphatic rings. The van der Waals surface area contributed by atoms with E-state index < -0.39 is 0 Å². The second-order valence-electron chi connectivity index (χ2n) is 9.08. The van der Waals surface area contributed by atoms with Gasteiger partial charge in [-0.05, 0) is 81.0 Å². The molecule has 3 rings (SSSR count). The zero-order valence-corrected chi connectivity index (χ0v) is 14.8. The Labute approximate surface area is 137 Å². The minimum Gasteiger partial charge on any atom is -0.198 e. The molecule has 0 spiro atoms. The second-order valence-corrected chi connectivity index (χ2v) is 9.08. The van der Waals surface area contributed by atoms with E-state index in [1.54, 1.807) is 0 Å². The van der Waals surface area contributed by atoms with Crippen molar-refractivity contribution in [1.29, 1.82) is 5.26 Å². The van der Waals surface area contributed by atoms with E-state index in [2.05, 4.69) is 19.9 Å². The van der Waals surface area contributed by atoms with Gasteiger partial charge in [0.25, 0.3) is 0 Å². The molecule has 1 nitrogen and oxygen atoms in total. The molecule has 1 heteroatoms. The average Bonchev–Trinajstić information content (AvgIpc) is 2.56. The van der Waals surface area contributed by atoms with Crippen LogP contribution in [0.3, 0.4) is 0 Å². The molecule has 0 atom stereocenters. The molecule has 3 saturated carbocycles. The number of hydrogen-bond donors (Lipinski definition) is 0. The van der Waals surface area contributed by atoms with Crippen LogP contribution in [-0.4, -0.2) is 0 Å². The molecule has 0 bridgehead atoms. The molecule has 0 saturated heterocycles. The van der Waals surface area contributed by atoms with Crippen molar-refractivity contribution < 1.29 is 0 Å². The van der Waals surface area contributed by atoms with Crippen molar-refractivity contribution in [2.45, 2.75) is 90.9 Å².